The lowest BCUT2D eigenvalue weighted by Gasteiger charge is -2.30. The number of carbonyl (C=O) groups is 4. The average Bonchev–Trinajstić information content (AvgIpc) is 3.11. The normalized spacial score (nSPS) is 11.8. The molecule has 3 aromatic rings. The number of esters is 2. The van der Waals surface area contributed by atoms with E-state index in [1.165, 1.54) is 0 Å². The number of amides is 2. The molecule has 3 aromatic carbocycles. The summed E-state index contributed by atoms with van der Waals surface area (Å²) in [7, 11) is 0. The number of hydrogen-bond acceptors (Lipinski definition) is 9. The minimum absolute atomic E-state index is 0.0983. The van der Waals surface area contributed by atoms with Crippen molar-refractivity contribution in [3.8, 4) is 22.6 Å². The first kappa shape index (κ1) is 44.5. The molecule has 0 saturated heterocycles. The van der Waals surface area contributed by atoms with Crippen LogP contribution in [-0.2, 0) is 35.2 Å². The van der Waals surface area contributed by atoms with Gasteiger partial charge in [-0.1, -0.05) is 56.3 Å². The van der Waals surface area contributed by atoms with Gasteiger partial charge in [0, 0.05) is 19.7 Å². The summed E-state index contributed by atoms with van der Waals surface area (Å²) < 4.78 is 28.8. The van der Waals surface area contributed by atoms with Crippen molar-refractivity contribution in [2.75, 3.05) is 32.9 Å². The molecular weight excluding hydrogens is 700 g/mol. The molecule has 0 aliphatic heterocycles. The number of carbonyl (C=O) groups excluding carboxylic acids is 4. The zero-order chi connectivity index (χ0) is 40.6. The van der Waals surface area contributed by atoms with Crippen molar-refractivity contribution in [1.29, 1.82) is 0 Å². The summed E-state index contributed by atoms with van der Waals surface area (Å²) >= 11 is 0. The van der Waals surface area contributed by atoms with E-state index >= 15 is 0 Å². The van der Waals surface area contributed by atoms with Gasteiger partial charge in [0.2, 0.25) is 0 Å². The van der Waals surface area contributed by atoms with Crippen LogP contribution in [0.3, 0.4) is 0 Å². The fourth-order valence-electron chi connectivity index (χ4n) is 5.09. The van der Waals surface area contributed by atoms with Crippen molar-refractivity contribution >= 4 is 23.8 Å². The van der Waals surface area contributed by atoms with E-state index in [9.17, 15) is 19.2 Å². The van der Waals surface area contributed by atoms with Crippen LogP contribution in [0.15, 0.2) is 72.8 Å². The molecule has 2 N–H and O–H groups in total. The lowest BCUT2D eigenvalue weighted by Crippen LogP contribution is -2.37. The highest BCUT2D eigenvalue weighted by Crippen LogP contribution is 2.29. The second kappa shape index (κ2) is 20.7. The minimum atomic E-state index is -0.700. The summed E-state index contributed by atoms with van der Waals surface area (Å²) in [5, 5.41) is 5.73. The summed E-state index contributed by atoms with van der Waals surface area (Å²) in [5.74, 6) is -0.00968. The van der Waals surface area contributed by atoms with Crippen LogP contribution < -0.4 is 20.1 Å². The molecule has 0 heterocycles. The van der Waals surface area contributed by atoms with Gasteiger partial charge in [-0.15, -0.1) is 0 Å². The van der Waals surface area contributed by atoms with Crippen molar-refractivity contribution in [3.63, 3.8) is 0 Å². The number of nitrogens with one attached hydrogen (secondary N) is 2. The van der Waals surface area contributed by atoms with Gasteiger partial charge in [-0.2, -0.15) is 0 Å². The third kappa shape index (κ3) is 17.0. The molecule has 0 fully saturated rings. The Hall–Kier alpha value is -4.90. The Morgan fingerprint density at radius 2 is 1.31 bits per heavy atom. The molecule has 0 aliphatic carbocycles. The molecule has 11 nitrogen and oxygen atoms in total. The second-order valence-electron chi connectivity index (χ2n) is 16.3. The maximum absolute atomic E-state index is 13.2. The van der Waals surface area contributed by atoms with E-state index in [1.807, 2.05) is 90.9 Å². The maximum atomic E-state index is 13.2. The quantitative estimate of drug-likeness (QED) is 0.105. The van der Waals surface area contributed by atoms with Crippen LogP contribution in [0, 0.1) is 11.3 Å². The number of benzene rings is 3. The molecular formula is C44H60N2O9. The zero-order valence-electron chi connectivity index (χ0n) is 34.0. The maximum Gasteiger partial charge on any atom is 0.338 e. The van der Waals surface area contributed by atoms with Crippen LogP contribution >= 0.6 is 0 Å². The summed E-state index contributed by atoms with van der Waals surface area (Å²) in [6.07, 6.45) is 1.91. The Kier molecular flexibility index (Phi) is 16.7. The highest BCUT2D eigenvalue weighted by Gasteiger charge is 2.33. The predicted octanol–water partition coefficient (Wildman–Crippen LogP) is 7.69. The van der Waals surface area contributed by atoms with Crippen LogP contribution in [0.2, 0.25) is 0 Å². The Balaban J connectivity index is 1.60. The smallest absolute Gasteiger partial charge is 0.338 e. The van der Waals surface area contributed by atoms with Crippen LogP contribution in [-0.4, -0.2) is 67.9 Å². The van der Waals surface area contributed by atoms with E-state index < -0.39 is 22.6 Å². The van der Waals surface area contributed by atoms with Gasteiger partial charge >= 0.3 is 11.9 Å². The van der Waals surface area contributed by atoms with E-state index in [4.69, 9.17) is 23.7 Å². The molecule has 11 heteroatoms. The van der Waals surface area contributed by atoms with Gasteiger partial charge in [0.1, 0.15) is 23.7 Å². The predicted molar refractivity (Wildman–Crippen MR) is 213 cm³/mol. The average molecular weight is 761 g/mol. The van der Waals surface area contributed by atoms with Gasteiger partial charge < -0.3 is 34.3 Å². The lowest BCUT2D eigenvalue weighted by molar-refractivity contribution is -0.167. The highest BCUT2D eigenvalue weighted by atomic mass is 16.6. The zero-order valence-corrected chi connectivity index (χ0v) is 34.0. The van der Waals surface area contributed by atoms with E-state index in [-0.39, 0.29) is 43.2 Å². The van der Waals surface area contributed by atoms with Crippen LogP contribution in [0.25, 0.3) is 11.1 Å². The van der Waals surface area contributed by atoms with Crippen LogP contribution in [0.5, 0.6) is 11.5 Å². The molecule has 300 valence electrons. The summed E-state index contributed by atoms with van der Waals surface area (Å²) in [4.78, 5) is 50.8. The first-order valence-electron chi connectivity index (χ1n) is 18.9. The van der Waals surface area contributed by atoms with Crippen molar-refractivity contribution < 1.29 is 42.9 Å². The van der Waals surface area contributed by atoms with Crippen LogP contribution in [0.4, 0.5) is 0 Å². The summed E-state index contributed by atoms with van der Waals surface area (Å²) in [6, 6.07) is 21.5. The van der Waals surface area contributed by atoms with Gasteiger partial charge in [0.15, 0.2) is 13.2 Å². The first-order valence-corrected chi connectivity index (χ1v) is 18.9. The van der Waals surface area contributed by atoms with E-state index in [0.29, 0.717) is 55.5 Å². The molecule has 0 aliphatic rings. The molecule has 3 rings (SSSR count). The molecule has 0 aromatic heterocycles. The molecule has 55 heavy (non-hydrogen) atoms. The lowest BCUT2D eigenvalue weighted by atomic mass is 9.89. The fourth-order valence-corrected chi connectivity index (χ4v) is 5.09. The minimum Gasteiger partial charge on any atom is -0.484 e. The second-order valence-corrected chi connectivity index (χ2v) is 16.3. The van der Waals surface area contributed by atoms with E-state index in [2.05, 4.69) is 24.5 Å². The number of rotatable bonds is 21. The monoisotopic (exact) mass is 760 g/mol. The van der Waals surface area contributed by atoms with Crippen molar-refractivity contribution in [2.45, 2.75) is 99.4 Å². The third-order valence-electron chi connectivity index (χ3n) is 8.55. The van der Waals surface area contributed by atoms with Crippen molar-refractivity contribution in [2.24, 2.45) is 11.3 Å². The van der Waals surface area contributed by atoms with Crippen molar-refractivity contribution in [3.05, 3.63) is 83.9 Å². The largest absolute Gasteiger partial charge is 0.484 e. The summed E-state index contributed by atoms with van der Waals surface area (Å²) in [5.41, 5.74) is 0.718. The van der Waals surface area contributed by atoms with E-state index in [1.54, 1.807) is 30.3 Å². The van der Waals surface area contributed by atoms with Gasteiger partial charge in [-0.3, -0.25) is 14.4 Å². The standard InChI is InChI=1S/C44H60N2O9/c1-31(2)19-22-45-38(47)29-51-36-17-15-33(16-18-36)34-25-35(40(49)53-28-32-13-11-10-12-14-32)27-37(26-34)52-30-39(48)46-23-20-44(8,9)54-24-21-43(6,7)41(50)55-42(3,4)5/h10-18,25-27,31H,19-24,28-30H2,1-9H3,(H,45,47)(H,46,48). The molecule has 0 saturated carbocycles. The molecule has 0 atom stereocenters. The van der Waals surface area contributed by atoms with Gasteiger partial charge in [0.25, 0.3) is 11.8 Å². The molecule has 2 amide bonds. The van der Waals surface area contributed by atoms with Crippen molar-refractivity contribution in [1.82, 2.24) is 10.6 Å². The molecule has 0 bridgehead atoms. The topological polar surface area (TPSA) is 138 Å². The SMILES string of the molecule is CC(C)CCNC(=O)COc1ccc(-c2cc(OCC(=O)NCCC(C)(C)OCCC(C)(C)C(=O)OC(C)(C)C)cc(C(=O)OCc3ccccc3)c2)cc1. The molecule has 0 spiro atoms. The van der Waals surface area contributed by atoms with Gasteiger partial charge in [-0.05, 0) is 121 Å². The Labute approximate surface area is 326 Å². The Bertz CT molecular complexity index is 1690. The van der Waals surface area contributed by atoms with E-state index in [0.717, 1.165) is 17.5 Å². The molecule has 0 unspecified atom stereocenters. The Morgan fingerprint density at radius 1 is 0.691 bits per heavy atom. The fraction of sp³-hybridized carbons (Fsp3) is 0.500. The number of hydrogen-bond donors (Lipinski definition) is 2. The Morgan fingerprint density at radius 3 is 1.93 bits per heavy atom. The van der Waals surface area contributed by atoms with Gasteiger partial charge in [-0.25, -0.2) is 4.79 Å². The summed E-state index contributed by atoms with van der Waals surface area (Å²) in [6.45, 7) is 18.3. The van der Waals surface area contributed by atoms with Crippen LogP contribution in [0.1, 0.15) is 97.5 Å². The number of ether oxygens (including phenoxy) is 5. The first-order chi connectivity index (χ1) is 25.8. The molecule has 0 radical (unpaired) electrons. The van der Waals surface area contributed by atoms with Gasteiger partial charge in [0.05, 0.1) is 16.6 Å². The third-order valence-corrected chi connectivity index (χ3v) is 8.55. The highest BCUT2D eigenvalue weighted by molar-refractivity contribution is 5.92.